The number of rotatable bonds is 3. The number of halogens is 1. The van der Waals surface area contributed by atoms with E-state index in [1.807, 2.05) is 16.7 Å². The molecule has 0 amide bonds. The molecular formula is C11H14IN3O. The fraction of sp³-hybridized carbons (Fsp3) is 0.364. The summed E-state index contributed by atoms with van der Waals surface area (Å²) in [6, 6.07) is 6.32. The highest BCUT2D eigenvalue weighted by atomic mass is 127. The van der Waals surface area contributed by atoms with Crippen LogP contribution in [0.15, 0.2) is 18.2 Å². The number of ether oxygens (including phenoxy) is 1. The zero-order chi connectivity index (χ0) is 11.7. The summed E-state index contributed by atoms with van der Waals surface area (Å²) < 4.78 is 8.32. The molecule has 1 aromatic heterocycles. The highest BCUT2D eigenvalue weighted by Crippen LogP contribution is 2.24. The van der Waals surface area contributed by atoms with Crippen LogP contribution in [-0.4, -0.2) is 23.3 Å². The van der Waals surface area contributed by atoms with Crippen LogP contribution in [-0.2, 0) is 4.74 Å². The van der Waals surface area contributed by atoms with Gasteiger partial charge >= 0.3 is 0 Å². The number of hydrogen-bond acceptors (Lipinski definition) is 3. The molecule has 0 aliphatic rings. The Morgan fingerprint density at radius 2 is 2.31 bits per heavy atom. The minimum absolute atomic E-state index is 0.190. The van der Waals surface area contributed by atoms with Crippen LogP contribution in [0.5, 0.6) is 0 Å². The number of nitrogens with two attached hydrogens (primary N) is 1. The van der Waals surface area contributed by atoms with Gasteiger partial charge < -0.3 is 15.0 Å². The number of aromatic nitrogens is 2. The van der Waals surface area contributed by atoms with Gasteiger partial charge in [-0.25, -0.2) is 4.98 Å². The Balaban J connectivity index is 2.55. The van der Waals surface area contributed by atoms with Crippen LogP contribution in [0.2, 0.25) is 0 Å². The van der Waals surface area contributed by atoms with E-state index in [0.717, 1.165) is 14.6 Å². The Kier molecular flexibility index (Phi) is 3.34. The molecule has 1 heterocycles. The molecule has 0 aliphatic heterocycles. The van der Waals surface area contributed by atoms with Crippen molar-refractivity contribution in [2.75, 3.05) is 19.5 Å². The molecule has 2 rings (SSSR count). The molecule has 1 aromatic carbocycles. The minimum atomic E-state index is 0.190. The fourth-order valence-electron chi connectivity index (χ4n) is 1.87. The van der Waals surface area contributed by atoms with E-state index in [9.17, 15) is 0 Å². The summed E-state index contributed by atoms with van der Waals surface area (Å²) in [4.78, 5) is 4.36. The molecule has 2 N–H and O–H groups in total. The van der Waals surface area contributed by atoms with Gasteiger partial charge in [0, 0.05) is 10.7 Å². The SMILES string of the molecule is COCC(C)n1c(N)nc2cc(I)ccc21. The lowest BCUT2D eigenvalue weighted by Gasteiger charge is -2.14. The molecule has 16 heavy (non-hydrogen) atoms. The quantitative estimate of drug-likeness (QED) is 0.879. The van der Waals surface area contributed by atoms with Crippen molar-refractivity contribution in [1.29, 1.82) is 0 Å². The maximum absolute atomic E-state index is 5.93. The van der Waals surface area contributed by atoms with Gasteiger partial charge in [-0.2, -0.15) is 0 Å². The van der Waals surface area contributed by atoms with E-state index >= 15 is 0 Å². The van der Waals surface area contributed by atoms with E-state index in [0.29, 0.717) is 12.6 Å². The Bertz CT molecular complexity index is 509. The average molecular weight is 331 g/mol. The summed E-state index contributed by atoms with van der Waals surface area (Å²) in [6.07, 6.45) is 0. The molecule has 0 aliphatic carbocycles. The standard InChI is InChI=1S/C11H14IN3O/c1-7(6-16-2)15-10-4-3-8(12)5-9(10)14-11(15)13/h3-5,7H,6H2,1-2H3,(H2,13,14). The highest BCUT2D eigenvalue weighted by molar-refractivity contribution is 14.1. The Hall–Kier alpha value is -0.820. The maximum atomic E-state index is 5.93. The van der Waals surface area contributed by atoms with Gasteiger partial charge in [0.15, 0.2) is 0 Å². The molecule has 1 atom stereocenters. The fourth-order valence-corrected chi connectivity index (χ4v) is 2.34. The number of fused-ring (bicyclic) bond motifs is 1. The number of imidazole rings is 1. The topological polar surface area (TPSA) is 53.1 Å². The minimum Gasteiger partial charge on any atom is -0.383 e. The van der Waals surface area contributed by atoms with Crippen molar-refractivity contribution >= 4 is 39.6 Å². The van der Waals surface area contributed by atoms with E-state index in [-0.39, 0.29) is 6.04 Å². The molecule has 5 heteroatoms. The number of nitrogen functional groups attached to an aromatic ring is 1. The predicted molar refractivity (Wildman–Crippen MR) is 73.4 cm³/mol. The van der Waals surface area contributed by atoms with Gasteiger partial charge in [-0.1, -0.05) is 0 Å². The zero-order valence-corrected chi connectivity index (χ0v) is 11.4. The number of nitrogens with zero attached hydrogens (tertiary/aromatic N) is 2. The van der Waals surface area contributed by atoms with Crippen molar-refractivity contribution in [2.24, 2.45) is 0 Å². The van der Waals surface area contributed by atoms with Gasteiger partial charge in [0.2, 0.25) is 5.95 Å². The lowest BCUT2D eigenvalue weighted by atomic mass is 10.3. The summed E-state index contributed by atoms with van der Waals surface area (Å²) >= 11 is 2.27. The summed E-state index contributed by atoms with van der Waals surface area (Å²) in [6.45, 7) is 2.70. The van der Waals surface area contributed by atoms with Crippen molar-refractivity contribution in [3.63, 3.8) is 0 Å². The van der Waals surface area contributed by atoms with Crippen LogP contribution in [0.4, 0.5) is 5.95 Å². The molecular weight excluding hydrogens is 317 g/mol. The third-order valence-electron chi connectivity index (χ3n) is 2.53. The second kappa shape index (κ2) is 4.58. The van der Waals surface area contributed by atoms with Crippen molar-refractivity contribution in [1.82, 2.24) is 9.55 Å². The third-order valence-corrected chi connectivity index (χ3v) is 3.20. The van der Waals surface area contributed by atoms with E-state index in [1.54, 1.807) is 7.11 Å². The molecule has 0 saturated carbocycles. The first kappa shape index (κ1) is 11.7. The Labute approximate surface area is 108 Å². The molecule has 0 bridgehead atoms. The van der Waals surface area contributed by atoms with Crippen molar-refractivity contribution in [3.8, 4) is 0 Å². The second-order valence-corrected chi connectivity index (χ2v) is 5.02. The molecule has 0 radical (unpaired) electrons. The Morgan fingerprint density at radius 1 is 1.56 bits per heavy atom. The first-order chi connectivity index (χ1) is 7.63. The van der Waals surface area contributed by atoms with Gasteiger partial charge in [0.05, 0.1) is 23.7 Å². The van der Waals surface area contributed by atoms with Crippen LogP contribution in [0.3, 0.4) is 0 Å². The lowest BCUT2D eigenvalue weighted by molar-refractivity contribution is 0.164. The van der Waals surface area contributed by atoms with E-state index in [2.05, 4.69) is 40.6 Å². The van der Waals surface area contributed by atoms with Gasteiger partial charge in [-0.3, -0.25) is 0 Å². The molecule has 0 spiro atoms. The summed E-state index contributed by atoms with van der Waals surface area (Å²) in [5.41, 5.74) is 7.92. The van der Waals surface area contributed by atoms with Crippen molar-refractivity contribution in [3.05, 3.63) is 21.8 Å². The number of methoxy groups -OCH3 is 1. The summed E-state index contributed by atoms with van der Waals surface area (Å²) in [7, 11) is 1.69. The monoisotopic (exact) mass is 331 g/mol. The maximum Gasteiger partial charge on any atom is 0.201 e. The molecule has 2 aromatic rings. The highest BCUT2D eigenvalue weighted by Gasteiger charge is 2.13. The van der Waals surface area contributed by atoms with Crippen LogP contribution in [0.25, 0.3) is 11.0 Å². The van der Waals surface area contributed by atoms with Crippen molar-refractivity contribution < 1.29 is 4.74 Å². The zero-order valence-electron chi connectivity index (χ0n) is 9.27. The normalized spacial score (nSPS) is 13.2. The first-order valence-electron chi connectivity index (χ1n) is 5.05. The van der Waals surface area contributed by atoms with Gasteiger partial charge in [0.1, 0.15) is 0 Å². The van der Waals surface area contributed by atoms with Crippen LogP contribution in [0.1, 0.15) is 13.0 Å². The number of hydrogen-bond donors (Lipinski definition) is 1. The summed E-state index contributed by atoms with van der Waals surface area (Å²) in [5.74, 6) is 0.543. The largest absolute Gasteiger partial charge is 0.383 e. The van der Waals surface area contributed by atoms with Gasteiger partial charge in [-0.05, 0) is 47.7 Å². The van der Waals surface area contributed by atoms with Crippen molar-refractivity contribution in [2.45, 2.75) is 13.0 Å². The smallest absolute Gasteiger partial charge is 0.201 e. The van der Waals surface area contributed by atoms with E-state index in [1.165, 1.54) is 0 Å². The van der Waals surface area contributed by atoms with Crippen LogP contribution < -0.4 is 5.73 Å². The van der Waals surface area contributed by atoms with Gasteiger partial charge in [0.25, 0.3) is 0 Å². The third kappa shape index (κ3) is 2.01. The second-order valence-electron chi connectivity index (χ2n) is 3.78. The molecule has 0 fully saturated rings. The molecule has 86 valence electrons. The lowest BCUT2D eigenvalue weighted by Crippen LogP contribution is -2.13. The summed E-state index contributed by atoms with van der Waals surface area (Å²) in [5, 5.41) is 0. The number of anilines is 1. The number of benzene rings is 1. The first-order valence-corrected chi connectivity index (χ1v) is 6.13. The molecule has 4 nitrogen and oxygen atoms in total. The van der Waals surface area contributed by atoms with E-state index < -0.39 is 0 Å². The predicted octanol–water partition coefficient (Wildman–Crippen LogP) is 2.43. The molecule has 1 unspecified atom stereocenters. The molecule has 0 saturated heterocycles. The van der Waals surface area contributed by atoms with Crippen LogP contribution in [0, 0.1) is 3.57 Å². The van der Waals surface area contributed by atoms with Crippen LogP contribution >= 0.6 is 22.6 Å². The van der Waals surface area contributed by atoms with E-state index in [4.69, 9.17) is 10.5 Å². The Morgan fingerprint density at radius 3 is 3.00 bits per heavy atom. The van der Waals surface area contributed by atoms with Gasteiger partial charge in [-0.15, -0.1) is 0 Å². The average Bonchev–Trinajstić information content (AvgIpc) is 2.53.